The summed E-state index contributed by atoms with van der Waals surface area (Å²) in [5.74, 6) is -0.0443. The van der Waals surface area contributed by atoms with Crippen molar-refractivity contribution < 1.29 is 4.79 Å². The number of carbonyl (C=O) groups excluding carboxylic acids is 1. The van der Waals surface area contributed by atoms with Crippen molar-refractivity contribution >= 4 is 34.8 Å². The molecule has 20 heavy (non-hydrogen) atoms. The SMILES string of the molecule is CC(C)N1CCN(C(=O)c2cc(Cl)c(N)c(Cl)c2)CC1. The first kappa shape index (κ1) is 15.4. The molecule has 2 rings (SSSR count). The first-order valence-corrected chi connectivity index (χ1v) is 7.43. The monoisotopic (exact) mass is 315 g/mol. The van der Waals surface area contributed by atoms with E-state index in [0.29, 0.717) is 27.3 Å². The van der Waals surface area contributed by atoms with Crippen LogP contribution >= 0.6 is 23.2 Å². The van der Waals surface area contributed by atoms with E-state index >= 15 is 0 Å². The van der Waals surface area contributed by atoms with Crippen molar-refractivity contribution in [2.24, 2.45) is 0 Å². The summed E-state index contributed by atoms with van der Waals surface area (Å²) in [6, 6.07) is 3.67. The van der Waals surface area contributed by atoms with E-state index in [1.807, 2.05) is 4.90 Å². The van der Waals surface area contributed by atoms with Gasteiger partial charge in [0.2, 0.25) is 0 Å². The lowest BCUT2D eigenvalue weighted by Crippen LogP contribution is -2.50. The summed E-state index contributed by atoms with van der Waals surface area (Å²) in [6.45, 7) is 7.54. The molecule has 1 amide bonds. The van der Waals surface area contributed by atoms with E-state index in [1.54, 1.807) is 12.1 Å². The van der Waals surface area contributed by atoms with Crippen molar-refractivity contribution in [1.29, 1.82) is 0 Å². The molecule has 110 valence electrons. The van der Waals surface area contributed by atoms with Gasteiger partial charge in [0.25, 0.3) is 5.91 Å². The lowest BCUT2D eigenvalue weighted by molar-refractivity contribution is 0.0595. The molecule has 0 atom stereocenters. The molecule has 1 aliphatic rings. The second-order valence-electron chi connectivity index (χ2n) is 5.28. The largest absolute Gasteiger partial charge is 0.396 e. The Balaban J connectivity index is 2.09. The minimum atomic E-state index is -0.0443. The average molecular weight is 316 g/mol. The maximum atomic E-state index is 12.4. The third kappa shape index (κ3) is 3.19. The number of hydrogen-bond donors (Lipinski definition) is 1. The van der Waals surface area contributed by atoms with Gasteiger partial charge in [-0.05, 0) is 26.0 Å². The number of rotatable bonds is 2. The minimum Gasteiger partial charge on any atom is -0.396 e. The molecule has 0 aliphatic carbocycles. The van der Waals surface area contributed by atoms with Gasteiger partial charge in [0.05, 0.1) is 15.7 Å². The number of nitrogens with two attached hydrogens (primary N) is 1. The average Bonchev–Trinajstić information content (AvgIpc) is 2.43. The number of hydrogen-bond acceptors (Lipinski definition) is 3. The van der Waals surface area contributed by atoms with Gasteiger partial charge in [-0.3, -0.25) is 9.69 Å². The van der Waals surface area contributed by atoms with Crippen LogP contribution in [0.2, 0.25) is 10.0 Å². The van der Waals surface area contributed by atoms with E-state index in [4.69, 9.17) is 28.9 Å². The smallest absolute Gasteiger partial charge is 0.254 e. The standard InChI is InChI=1S/C14H19Cl2N3O/c1-9(2)18-3-5-19(6-4-18)14(20)10-7-11(15)13(17)12(16)8-10/h7-9H,3-6,17H2,1-2H3. The molecule has 1 aliphatic heterocycles. The number of carbonyl (C=O) groups is 1. The number of piperazine rings is 1. The van der Waals surface area contributed by atoms with Gasteiger partial charge < -0.3 is 10.6 Å². The highest BCUT2D eigenvalue weighted by molar-refractivity contribution is 6.39. The van der Waals surface area contributed by atoms with Crippen molar-refractivity contribution in [3.63, 3.8) is 0 Å². The number of nitrogens with zero attached hydrogens (tertiary/aromatic N) is 2. The van der Waals surface area contributed by atoms with Crippen LogP contribution < -0.4 is 5.73 Å². The first-order valence-electron chi connectivity index (χ1n) is 6.68. The van der Waals surface area contributed by atoms with Crippen molar-refractivity contribution in [2.75, 3.05) is 31.9 Å². The Labute approximate surface area is 129 Å². The normalized spacial score (nSPS) is 16.8. The fraction of sp³-hybridized carbons (Fsp3) is 0.500. The van der Waals surface area contributed by atoms with E-state index in [9.17, 15) is 4.79 Å². The van der Waals surface area contributed by atoms with Crippen LogP contribution in [0.5, 0.6) is 0 Å². The Kier molecular flexibility index (Phi) is 4.78. The van der Waals surface area contributed by atoms with Crippen LogP contribution in [0.3, 0.4) is 0 Å². The predicted octanol–water partition coefficient (Wildman–Crippen LogP) is 2.74. The topological polar surface area (TPSA) is 49.6 Å². The highest BCUT2D eigenvalue weighted by Crippen LogP contribution is 2.29. The van der Waals surface area contributed by atoms with Crippen molar-refractivity contribution in [2.45, 2.75) is 19.9 Å². The number of amides is 1. The molecule has 0 bridgehead atoms. The molecule has 0 radical (unpaired) electrons. The summed E-state index contributed by atoms with van der Waals surface area (Å²) >= 11 is 12.0. The molecule has 2 N–H and O–H groups in total. The van der Waals surface area contributed by atoms with Crippen molar-refractivity contribution in [3.05, 3.63) is 27.7 Å². The van der Waals surface area contributed by atoms with E-state index in [0.717, 1.165) is 26.2 Å². The molecule has 0 unspecified atom stereocenters. The second kappa shape index (κ2) is 6.20. The molecular formula is C14H19Cl2N3O. The van der Waals surface area contributed by atoms with E-state index in [-0.39, 0.29) is 5.91 Å². The Morgan fingerprint density at radius 3 is 2.10 bits per heavy atom. The molecular weight excluding hydrogens is 297 g/mol. The summed E-state index contributed by atoms with van der Waals surface area (Å²) < 4.78 is 0. The van der Waals surface area contributed by atoms with Gasteiger partial charge in [-0.25, -0.2) is 0 Å². The van der Waals surface area contributed by atoms with Crippen LogP contribution in [-0.4, -0.2) is 47.9 Å². The summed E-state index contributed by atoms with van der Waals surface area (Å²) in [5, 5.41) is 0.642. The van der Waals surface area contributed by atoms with Crippen LogP contribution in [0.4, 0.5) is 5.69 Å². The molecule has 0 saturated carbocycles. The van der Waals surface area contributed by atoms with Crippen LogP contribution in [-0.2, 0) is 0 Å². The van der Waals surface area contributed by atoms with Gasteiger partial charge in [0.15, 0.2) is 0 Å². The predicted molar refractivity (Wildman–Crippen MR) is 83.5 cm³/mol. The molecule has 0 aromatic heterocycles. The number of nitrogen functional groups attached to an aromatic ring is 1. The summed E-state index contributed by atoms with van der Waals surface area (Å²) in [6.07, 6.45) is 0. The van der Waals surface area contributed by atoms with Gasteiger partial charge in [-0.15, -0.1) is 0 Å². The van der Waals surface area contributed by atoms with Gasteiger partial charge in [-0.2, -0.15) is 0 Å². The van der Waals surface area contributed by atoms with Crippen molar-refractivity contribution in [3.8, 4) is 0 Å². The molecule has 1 fully saturated rings. The Morgan fingerprint density at radius 2 is 1.65 bits per heavy atom. The zero-order valence-electron chi connectivity index (χ0n) is 11.7. The fourth-order valence-corrected chi connectivity index (χ4v) is 2.82. The molecule has 1 heterocycles. The third-order valence-electron chi connectivity index (χ3n) is 3.66. The van der Waals surface area contributed by atoms with Crippen LogP contribution in [0.1, 0.15) is 24.2 Å². The van der Waals surface area contributed by atoms with Gasteiger partial charge >= 0.3 is 0 Å². The fourth-order valence-electron chi connectivity index (χ4n) is 2.33. The summed E-state index contributed by atoms with van der Waals surface area (Å²) in [7, 11) is 0. The van der Waals surface area contributed by atoms with Crippen molar-refractivity contribution in [1.82, 2.24) is 9.80 Å². The maximum Gasteiger partial charge on any atom is 0.254 e. The molecule has 1 aromatic carbocycles. The third-order valence-corrected chi connectivity index (χ3v) is 4.28. The zero-order valence-corrected chi connectivity index (χ0v) is 13.2. The van der Waals surface area contributed by atoms with Crippen LogP contribution in [0.15, 0.2) is 12.1 Å². The van der Waals surface area contributed by atoms with Gasteiger partial charge in [-0.1, -0.05) is 23.2 Å². The highest BCUT2D eigenvalue weighted by Gasteiger charge is 2.24. The maximum absolute atomic E-state index is 12.4. The van der Waals surface area contributed by atoms with E-state index in [1.165, 1.54) is 0 Å². The van der Waals surface area contributed by atoms with Crippen LogP contribution in [0.25, 0.3) is 0 Å². The molecule has 1 aromatic rings. The van der Waals surface area contributed by atoms with Gasteiger partial charge in [0.1, 0.15) is 0 Å². The highest BCUT2D eigenvalue weighted by atomic mass is 35.5. The lowest BCUT2D eigenvalue weighted by atomic mass is 10.1. The first-order chi connectivity index (χ1) is 9.40. The Morgan fingerprint density at radius 1 is 1.15 bits per heavy atom. The minimum absolute atomic E-state index is 0.0443. The summed E-state index contributed by atoms with van der Waals surface area (Å²) in [4.78, 5) is 16.6. The van der Waals surface area contributed by atoms with Crippen LogP contribution in [0, 0.1) is 0 Å². The Bertz CT molecular complexity index is 488. The lowest BCUT2D eigenvalue weighted by Gasteiger charge is -2.37. The second-order valence-corrected chi connectivity index (χ2v) is 6.09. The molecule has 1 saturated heterocycles. The Hall–Kier alpha value is -0.970. The molecule has 4 nitrogen and oxygen atoms in total. The number of benzene rings is 1. The molecule has 0 spiro atoms. The quantitative estimate of drug-likeness (QED) is 0.854. The van der Waals surface area contributed by atoms with E-state index in [2.05, 4.69) is 18.7 Å². The number of anilines is 1. The molecule has 6 heteroatoms. The summed E-state index contributed by atoms with van der Waals surface area (Å²) in [5.41, 5.74) is 6.49. The van der Waals surface area contributed by atoms with Gasteiger partial charge in [0, 0.05) is 37.8 Å². The number of halogens is 2. The van der Waals surface area contributed by atoms with E-state index < -0.39 is 0 Å². The zero-order chi connectivity index (χ0) is 14.9.